The molecule has 0 heterocycles. The minimum absolute atomic E-state index is 0.728. The first-order valence-electron chi connectivity index (χ1n) is 3.04. The van der Waals surface area contributed by atoms with Crippen molar-refractivity contribution in [1.29, 1.82) is 0 Å². The molecule has 2 heteroatoms. The first-order valence-corrected chi connectivity index (χ1v) is 3.42. The van der Waals surface area contributed by atoms with Gasteiger partial charge in [0, 0.05) is 24.8 Å². The summed E-state index contributed by atoms with van der Waals surface area (Å²) in [5.74, 6) is 0. The molecule has 1 aromatic carbocycles. The fraction of sp³-hybridized carbons (Fsp3) is 0.250. The lowest BCUT2D eigenvalue weighted by atomic mass is 10.3. The molecule has 0 saturated heterocycles. The summed E-state index contributed by atoms with van der Waals surface area (Å²) in [6.45, 7) is 0. The Morgan fingerprint density at radius 1 is 1.40 bits per heavy atom. The van der Waals surface area contributed by atoms with Gasteiger partial charge in [-0.25, -0.2) is 0 Å². The van der Waals surface area contributed by atoms with Gasteiger partial charge in [-0.15, -0.1) is 0 Å². The zero-order valence-corrected chi connectivity index (χ0v) is 6.81. The highest BCUT2D eigenvalue weighted by atomic mass is 35.5. The van der Waals surface area contributed by atoms with E-state index in [0.29, 0.717) is 0 Å². The van der Waals surface area contributed by atoms with Crippen molar-refractivity contribution in [2.45, 2.75) is 0 Å². The van der Waals surface area contributed by atoms with Crippen molar-refractivity contribution in [3.05, 3.63) is 29.3 Å². The predicted octanol–water partition coefficient (Wildman–Crippen LogP) is 2.21. The number of nitrogens with zero attached hydrogens (tertiary/aromatic N) is 1. The summed E-state index contributed by atoms with van der Waals surface area (Å²) in [6, 6.07) is 8.48. The molecule has 0 aliphatic heterocycles. The molecule has 0 bridgehead atoms. The van der Waals surface area contributed by atoms with Crippen LogP contribution >= 0.6 is 11.6 Å². The van der Waals surface area contributed by atoms with E-state index in [1.807, 2.05) is 31.1 Å². The zero-order chi connectivity index (χ0) is 7.56. The molecule has 0 unspecified atom stereocenters. The van der Waals surface area contributed by atoms with E-state index in [4.69, 9.17) is 11.6 Å². The lowest BCUT2D eigenvalue weighted by molar-refractivity contribution is 1.13. The van der Waals surface area contributed by atoms with Crippen LogP contribution in [-0.2, 0) is 0 Å². The molecule has 0 fully saturated rings. The maximum atomic E-state index is 5.73. The minimum Gasteiger partial charge on any atom is -0.378 e. The van der Waals surface area contributed by atoms with Gasteiger partial charge in [-0.05, 0) is 24.3 Å². The molecule has 1 rings (SSSR count). The first kappa shape index (κ1) is 7.42. The Hall–Kier alpha value is -0.690. The standard InChI is InChI=1S/C8H9ClN/c1-10(2)8-5-3-4-7(9)6-8/h4-6H,1-2H3. The van der Waals surface area contributed by atoms with Gasteiger partial charge in [0.25, 0.3) is 0 Å². The molecule has 0 aliphatic carbocycles. The van der Waals surface area contributed by atoms with E-state index in [0.717, 1.165) is 10.7 Å². The third kappa shape index (κ3) is 1.64. The van der Waals surface area contributed by atoms with Crippen LogP contribution in [0, 0.1) is 6.07 Å². The monoisotopic (exact) mass is 154 g/mol. The van der Waals surface area contributed by atoms with E-state index >= 15 is 0 Å². The quantitative estimate of drug-likeness (QED) is 0.600. The normalized spacial score (nSPS) is 9.50. The fourth-order valence-corrected chi connectivity index (χ4v) is 0.864. The second-order valence-electron chi connectivity index (χ2n) is 2.30. The molecule has 0 saturated carbocycles. The van der Waals surface area contributed by atoms with Gasteiger partial charge in [0.2, 0.25) is 0 Å². The highest BCUT2D eigenvalue weighted by Gasteiger charge is 1.93. The Morgan fingerprint density at radius 2 is 2.10 bits per heavy atom. The van der Waals surface area contributed by atoms with Gasteiger partial charge < -0.3 is 4.90 Å². The minimum atomic E-state index is 0.728. The fourth-order valence-electron chi connectivity index (χ4n) is 0.689. The number of anilines is 1. The van der Waals surface area contributed by atoms with E-state index in [1.54, 1.807) is 6.07 Å². The molecule has 0 N–H and O–H groups in total. The average Bonchev–Trinajstić information content (AvgIpc) is 1.88. The Labute approximate surface area is 66.2 Å². The molecule has 53 valence electrons. The molecule has 0 atom stereocenters. The Kier molecular flexibility index (Phi) is 2.17. The molecular formula is C8H9ClN. The SMILES string of the molecule is CN(C)c1c[c]cc(Cl)c1. The number of rotatable bonds is 1. The maximum Gasteiger partial charge on any atom is 0.0432 e. The van der Waals surface area contributed by atoms with Gasteiger partial charge in [0.1, 0.15) is 0 Å². The molecule has 0 aromatic heterocycles. The number of benzene rings is 1. The van der Waals surface area contributed by atoms with Crippen LogP contribution in [0.3, 0.4) is 0 Å². The summed E-state index contributed by atoms with van der Waals surface area (Å²) >= 11 is 5.73. The molecule has 10 heavy (non-hydrogen) atoms. The second kappa shape index (κ2) is 2.93. The average molecular weight is 155 g/mol. The van der Waals surface area contributed by atoms with Gasteiger partial charge in [0.15, 0.2) is 0 Å². The van der Waals surface area contributed by atoms with E-state index in [2.05, 4.69) is 6.07 Å². The number of halogens is 1. The van der Waals surface area contributed by atoms with Crippen LogP contribution in [0.15, 0.2) is 18.2 Å². The summed E-state index contributed by atoms with van der Waals surface area (Å²) in [4.78, 5) is 1.99. The highest BCUT2D eigenvalue weighted by Crippen LogP contribution is 2.16. The Bertz CT molecular complexity index is 220. The van der Waals surface area contributed by atoms with Crippen molar-refractivity contribution in [3.8, 4) is 0 Å². The van der Waals surface area contributed by atoms with Crippen molar-refractivity contribution < 1.29 is 0 Å². The van der Waals surface area contributed by atoms with Gasteiger partial charge in [-0.1, -0.05) is 11.6 Å². The van der Waals surface area contributed by atoms with Gasteiger partial charge >= 0.3 is 0 Å². The summed E-state index contributed by atoms with van der Waals surface area (Å²) < 4.78 is 0. The first-order chi connectivity index (χ1) is 4.70. The lowest BCUT2D eigenvalue weighted by Gasteiger charge is -2.11. The van der Waals surface area contributed by atoms with Crippen molar-refractivity contribution >= 4 is 17.3 Å². The Morgan fingerprint density at radius 3 is 2.50 bits per heavy atom. The summed E-state index contributed by atoms with van der Waals surface area (Å²) in [5.41, 5.74) is 1.08. The number of hydrogen-bond acceptors (Lipinski definition) is 1. The van der Waals surface area contributed by atoms with Crippen LogP contribution in [0.4, 0.5) is 5.69 Å². The van der Waals surface area contributed by atoms with Gasteiger partial charge in [0.05, 0.1) is 0 Å². The molecule has 1 nitrogen and oxygen atoms in total. The smallest absolute Gasteiger partial charge is 0.0432 e. The topological polar surface area (TPSA) is 3.24 Å². The molecule has 0 amide bonds. The second-order valence-corrected chi connectivity index (χ2v) is 2.74. The van der Waals surface area contributed by atoms with Crippen LogP contribution in [0.5, 0.6) is 0 Å². The number of hydrogen-bond donors (Lipinski definition) is 0. The van der Waals surface area contributed by atoms with E-state index in [-0.39, 0.29) is 0 Å². The van der Waals surface area contributed by atoms with Crippen LogP contribution in [0.25, 0.3) is 0 Å². The van der Waals surface area contributed by atoms with Crippen LogP contribution in [-0.4, -0.2) is 14.1 Å². The molecule has 1 aromatic rings. The van der Waals surface area contributed by atoms with Crippen LogP contribution in [0.1, 0.15) is 0 Å². The lowest BCUT2D eigenvalue weighted by Crippen LogP contribution is -2.07. The highest BCUT2D eigenvalue weighted by molar-refractivity contribution is 6.30. The summed E-state index contributed by atoms with van der Waals surface area (Å²) in [7, 11) is 3.94. The third-order valence-electron chi connectivity index (χ3n) is 1.25. The molecule has 1 radical (unpaired) electrons. The van der Waals surface area contributed by atoms with E-state index in [9.17, 15) is 0 Å². The van der Waals surface area contributed by atoms with Crippen molar-refractivity contribution in [3.63, 3.8) is 0 Å². The van der Waals surface area contributed by atoms with Gasteiger partial charge in [-0.2, -0.15) is 0 Å². The molecular weight excluding hydrogens is 146 g/mol. The van der Waals surface area contributed by atoms with E-state index < -0.39 is 0 Å². The van der Waals surface area contributed by atoms with Crippen molar-refractivity contribution in [2.24, 2.45) is 0 Å². The summed E-state index contributed by atoms with van der Waals surface area (Å²) in [6.07, 6.45) is 0. The third-order valence-corrected chi connectivity index (χ3v) is 1.47. The zero-order valence-electron chi connectivity index (χ0n) is 6.06. The van der Waals surface area contributed by atoms with E-state index in [1.165, 1.54) is 0 Å². The van der Waals surface area contributed by atoms with Gasteiger partial charge in [-0.3, -0.25) is 0 Å². The van der Waals surface area contributed by atoms with Crippen molar-refractivity contribution in [2.75, 3.05) is 19.0 Å². The van der Waals surface area contributed by atoms with Crippen molar-refractivity contribution in [1.82, 2.24) is 0 Å². The Balaban J connectivity index is 2.96. The molecule has 0 spiro atoms. The van der Waals surface area contributed by atoms with Crippen LogP contribution < -0.4 is 4.90 Å². The molecule has 0 aliphatic rings. The summed E-state index contributed by atoms with van der Waals surface area (Å²) in [5, 5.41) is 0.728. The maximum absolute atomic E-state index is 5.73. The van der Waals surface area contributed by atoms with Crippen LogP contribution in [0.2, 0.25) is 5.02 Å². The largest absolute Gasteiger partial charge is 0.378 e. The predicted molar refractivity (Wildman–Crippen MR) is 44.6 cm³/mol.